The Kier molecular flexibility index (Phi) is 5.98. The molecule has 6 heteroatoms. The first-order valence-corrected chi connectivity index (χ1v) is 9.27. The number of benzene rings is 2. The van der Waals surface area contributed by atoms with Crippen molar-refractivity contribution in [1.82, 2.24) is 0 Å². The van der Waals surface area contributed by atoms with Gasteiger partial charge in [-0.1, -0.05) is 18.2 Å². The van der Waals surface area contributed by atoms with E-state index in [1.807, 2.05) is 18.2 Å². The molecule has 2 aromatic rings. The molecular formula is C17H23NO4S. The number of methoxy groups -OCH3 is 1. The largest absolute Gasteiger partial charge is 0.748 e. The Morgan fingerprint density at radius 3 is 2.48 bits per heavy atom. The van der Waals surface area contributed by atoms with Crippen molar-refractivity contribution in [3.63, 3.8) is 0 Å². The Morgan fingerprint density at radius 1 is 1.09 bits per heavy atom. The van der Waals surface area contributed by atoms with Crippen molar-refractivity contribution < 1.29 is 22.6 Å². The third-order valence-corrected chi connectivity index (χ3v) is 4.65. The van der Waals surface area contributed by atoms with Gasteiger partial charge in [-0.15, -0.1) is 0 Å². The minimum atomic E-state index is -4.08. The molecule has 1 N–H and O–H groups in total. The lowest BCUT2D eigenvalue weighted by atomic mass is 10.1. The Bertz CT molecular complexity index is 758. The van der Waals surface area contributed by atoms with Crippen LogP contribution in [0.2, 0.25) is 0 Å². The first kappa shape index (κ1) is 17.7. The summed E-state index contributed by atoms with van der Waals surface area (Å²) in [5, 5.41) is 2.32. The highest BCUT2D eigenvalue weighted by molar-refractivity contribution is 7.85. The predicted molar refractivity (Wildman–Crippen MR) is 89.8 cm³/mol. The highest BCUT2D eigenvalue weighted by Crippen LogP contribution is 2.21. The summed E-state index contributed by atoms with van der Waals surface area (Å²) in [5.74, 6) is 0.583. The summed E-state index contributed by atoms with van der Waals surface area (Å²) in [5.41, 5.74) is 1.23. The Labute approximate surface area is 137 Å². The summed E-state index contributed by atoms with van der Waals surface area (Å²) in [4.78, 5) is 1.29. The zero-order chi connectivity index (χ0) is 16.9. The average Bonchev–Trinajstić information content (AvgIpc) is 2.50. The maximum Gasteiger partial charge on any atom is 0.119 e. The molecule has 0 bridgehead atoms. The molecule has 23 heavy (non-hydrogen) atoms. The van der Waals surface area contributed by atoms with E-state index in [0.29, 0.717) is 6.42 Å². The van der Waals surface area contributed by atoms with Crippen LogP contribution in [0.1, 0.15) is 18.4 Å². The number of unbranched alkanes of at least 4 members (excludes halogenated alkanes) is 1. The molecule has 5 nitrogen and oxygen atoms in total. The molecule has 1 atom stereocenters. The average molecular weight is 337 g/mol. The number of hydrogen-bond acceptors (Lipinski definition) is 4. The lowest BCUT2D eigenvalue weighted by molar-refractivity contribution is -0.894. The second-order valence-corrected chi connectivity index (χ2v) is 7.42. The van der Waals surface area contributed by atoms with E-state index in [2.05, 4.69) is 25.2 Å². The SMILES string of the molecule is COc1ccc2cc(C[NH+](C)CCCCS(=O)(=O)[O-])ccc2c1. The smallest absolute Gasteiger partial charge is 0.119 e. The van der Waals surface area contributed by atoms with Gasteiger partial charge in [0.25, 0.3) is 0 Å². The van der Waals surface area contributed by atoms with Crippen LogP contribution >= 0.6 is 0 Å². The van der Waals surface area contributed by atoms with E-state index in [0.717, 1.165) is 30.6 Å². The van der Waals surface area contributed by atoms with Crippen molar-refractivity contribution in [2.75, 3.05) is 26.5 Å². The third kappa shape index (κ3) is 5.82. The van der Waals surface area contributed by atoms with Gasteiger partial charge in [0.2, 0.25) is 0 Å². The van der Waals surface area contributed by atoms with Crippen molar-refractivity contribution in [1.29, 1.82) is 0 Å². The summed E-state index contributed by atoms with van der Waals surface area (Å²) in [7, 11) is -0.349. The number of quaternary nitrogens is 1. The van der Waals surface area contributed by atoms with Crippen LogP contribution in [0.15, 0.2) is 36.4 Å². The summed E-state index contributed by atoms with van der Waals surface area (Å²) in [6.07, 6.45) is 1.17. The molecule has 0 heterocycles. The fourth-order valence-corrected chi connectivity index (χ4v) is 3.21. The van der Waals surface area contributed by atoms with Gasteiger partial charge in [0.1, 0.15) is 12.3 Å². The molecule has 2 aromatic carbocycles. The Hall–Kier alpha value is -1.63. The van der Waals surface area contributed by atoms with E-state index in [4.69, 9.17) is 4.74 Å². The minimum absolute atomic E-state index is 0.266. The summed E-state index contributed by atoms with van der Waals surface area (Å²) in [6, 6.07) is 12.4. The van der Waals surface area contributed by atoms with E-state index in [9.17, 15) is 13.0 Å². The van der Waals surface area contributed by atoms with E-state index in [-0.39, 0.29) is 5.75 Å². The lowest BCUT2D eigenvalue weighted by Crippen LogP contribution is -3.07. The van der Waals surface area contributed by atoms with Crippen LogP contribution in [0.3, 0.4) is 0 Å². The van der Waals surface area contributed by atoms with Crippen LogP contribution in [0.4, 0.5) is 0 Å². The van der Waals surface area contributed by atoms with Gasteiger partial charge in [0.15, 0.2) is 0 Å². The van der Waals surface area contributed by atoms with Crippen LogP contribution in [0, 0.1) is 0 Å². The molecular weight excluding hydrogens is 314 g/mol. The number of nitrogens with one attached hydrogen (secondary N) is 1. The van der Waals surface area contributed by atoms with Gasteiger partial charge in [-0.05, 0) is 41.8 Å². The molecule has 0 aliphatic rings. The van der Waals surface area contributed by atoms with Gasteiger partial charge < -0.3 is 14.2 Å². The Morgan fingerprint density at radius 2 is 1.78 bits per heavy atom. The number of hydrogen-bond donors (Lipinski definition) is 1. The molecule has 0 saturated carbocycles. The standard InChI is InChI=1S/C17H23NO4S/c1-18(9-3-4-10-23(19,20)21)13-14-5-6-16-12-17(22-2)8-7-15(16)11-14/h5-8,11-12H,3-4,9-10,13H2,1-2H3,(H,19,20,21). The van der Waals surface area contributed by atoms with Crippen molar-refractivity contribution >= 4 is 20.9 Å². The maximum atomic E-state index is 10.6. The van der Waals surface area contributed by atoms with Crippen LogP contribution in [-0.4, -0.2) is 39.4 Å². The first-order valence-electron chi connectivity index (χ1n) is 7.69. The first-order chi connectivity index (χ1) is 10.9. The fourth-order valence-electron chi connectivity index (χ4n) is 2.65. The van der Waals surface area contributed by atoms with Crippen molar-refractivity contribution in [3.05, 3.63) is 42.0 Å². The van der Waals surface area contributed by atoms with Crippen LogP contribution in [0.25, 0.3) is 10.8 Å². The summed E-state index contributed by atoms with van der Waals surface area (Å²) in [6.45, 7) is 1.71. The molecule has 126 valence electrons. The fraction of sp³-hybridized carbons (Fsp3) is 0.412. The van der Waals surface area contributed by atoms with Crippen LogP contribution in [0.5, 0.6) is 5.75 Å². The zero-order valence-electron chi connectivity index (χ0n) is 13.5. The molecule has 0 fully saturated rings. The van der Waals surface area contributed by atoms with Crippen molar-refractivity contribution in [2.45, 2.75) is 19.4 Å². The molecule has 0 radical (unpaired) electrons. The highest BCUT2D eigenvalue weighted by atomic mass is 32.2. The molecule has 2 rings (SSSR count). The van der Waals surface area contributed by atoms with Gasteiger partial charge in [-0.25, -0.2) is 8.42 Å². The van der Waals surface area contributed by atoms with Crippen molar-refractivity contribution in [3.8, 4) is 5.75 Å². The highest BCUT2D eigenvalue weighted by Gasteiger charge is 2.06. The predicted octanol–water partition coefficient (Wildman–Crippen LogP) is 1.19. The molecule has 0 aromatic heterocycles. The number of ether oxygens (including phenoxy) is 1. The van der Waals surface area contributed by atoms with Crippen LogP contribution < -0.4 is 9.64 Å². The van der Waals surface area contributed by atoms with E-state index < -0.39 is 10.1 Å². The summed E-state index contributed by atoms with van der Waals surface area (Å²) >= 11 is 0. The lowest BCUT2D eigenvalue weighted by Gasteiger charge is -2.15. The van der Waals surface area contributed by atoms with Gasteiger partial charge in [-0.3, -0.25) is 0 Å². The molecule has 0 amide bonds. The number of rotatable bonds is 8. The van der Waals surface area contributed by atoms with Crippen molar-refractivity contribution in [2.24, 2.45) is 0 Å². The molecule has 0 saturated heterocycles. The minimum Gasteiger partial charge on any atom is -0.748 e. The molecule has 0 aliphatic heterocycles. The molecule has 0 aliphatic carbocycles. The Balaban J connectivity index is 1.90. The third-order valence-electron chi connectivity index (χ3n) is 3.87. The zero-order valence-corrected chi connectivity index (χ0v) is 14.4. The maximum absolute atomic E-state index is 10.6. The molecule has 0 spiro atoms. The summed E-state index contributed by atoms with van der Waals surface area (Å²) < 4.78 is 36.9. The monoisotopic (exact) mass is 337 g/mol. The normalized spacial score (nSPS) is 13.2. The van der Waals surface area contributed by atoms with E-state index in [1.165, 1.54) is 15.8 Å². The second kappa shape index (κ2) is 7.77. The van der Waals surface area contributed by atoms with Gasteiger partial charge >= 0.3 is 0 Å². The number of fused-ring (bicyclic) bond motifs is 1. The van der Waals surface area contributed by atoms with Gasteiger partial charge in [0.05, 0.1) is 30.8 Å². The topological polar surface area (TPSA) is 70.9 Å². The van der Waals surface area contributed by atoms with Gasteiger partial charge in [0, 0.05) is 11.3 Å². The molecule has 1 unspecified atom stereocenters. The van der Waals surface area contributed by atoms with Gasteiger partial charge in [-0.2, -0.15) is 0 Å². The van der Waals surface area contributed by atoms with E-state index >= 15 is 0 Å². The quantitative estimate of drug-likeness (QED) is 0.580. The second-order valence-electron chi connectivity index (χ2n) is 5.90. The van der Waals surface area contributed by atoms with E-state index in [1.54, 1.807) is 7.11 Å². The van der Waals surface area contributed by atoms with Crippen LogP contribution in [-0.2, 0) is 16.7 Å².